The third-order valence-electron chi connectivity index (χ3n) is 3.20. The van der Waals surface area contributed by atoms with Gasteiger partial charge >= 0.3 is 0 Å². The lowest BCUT2D eigenvalue weighted by atomic mass is 10.3. The van der Waals surface area contributed by atoms with Crippen LogP contribution in [0.25, 0.3) is 0 Å². The fourth-order valence-electron chi connectivity index (χ4n) is 2.06. The summed E-state index contributed by atoms with van der Waals surface area (Å²) >= 11 is 2.64. The molecule has 0 radical (unpaired) electrons. The number of nitrogens with one attached hydrogen (secondary N) is 1. The number of aryl methyl sites for hydroxylation is 2. The van der Waals surface area contributed by atoms with Crippen molar-refractivity contribution in [3.63, 3.8) is 0 Å². The zero-order valence-electron chi connectivity index (χ0n) is 13.6. The number of aromatic nitrogens is 4. The molecule has 0 spiro atoms. The Bertz CT molecular complexity index is 899. The smallest absolute Gasteiger partial charge is 0.277 e. The summed E-state index contributed by atoms with van der Waals surface area (Å²) in [5, 5.41) is 13.3. The van der Waals surface area contributed by atoms with Crippen molar-refractivity contribution >= 4 is 34.9 Å². The number of rotatable bonds is 6. The zero-order valence-corrected chi connectivity index (χ0v) is 15.2. The molecule has 1 N–H and O–H groups in total. The highest BCUT2D eigenvalue weighted by molar-refractivity contribution is 7.99. The Kier molecular flexibility index (Phi) is 5.29. The first kappa shape index (κ1) is 17.4. The number of amides is 2. The normalized spacial score (nSPS) is 10.8. The lowest BCUT2D eigenvalue weighted by Crippen LogP contribution is -2.32. The van der Waals surface area contributed by atoms with Gasteiger partial charge in [-0.05, 0) is 19.1 Å². The molecule has 0 bridgehead atoms. The Morgan fingerprint density at radius 3 is 2.92 bits per heavy atom. The summed E-state index contributed by atoms with van der Waals surface area (Å²) in [7, 11) is 1.73. The van der Waals surface area contributed by atoms with Crippen molar-refractivity contribution < 1.29 is 14.0 Å². The van der Waals surface area contributed by atoms with Crippen LogP contribution in [0.15, 0.2) is 33.3 Å². The predicted octanol–water partition coefficient (Wildman–Crippen LogP) is 1.81. The largest absolute Gasteiger partial charge is 0.416 e. The summed E-state index contributed by atoms with van der Waals surface area (Å²) in [6.07, 6.45) is 2.19. The van der Waals surface area contributed by atoms with E-state index in [-0.39, 0.29) is 11.0 Å². The molecule has 0 aromatic carbocycles. The molecule has 0 fully saturated rings. The number of hydrogen-bond donors (Lipinski definition) is 1. The Labute approximate surface area is 151 Å². The minimum Gasteiger partial charge on any atom is -0.416 e. The minimum atomic E-state index is -0.441. The van der Waals surface area contributed by atoms with E-state index in [2.05, 4.69) is 20.5 Å². The summed E-state index contributed by atoms with van der Waals surface area (Å²) < 4.78 is 7.12. The van der Waals surface area contributed by atoms with Crippen LogP contribution >= 0.6 is 23.1 Å². The van der Waals surface area contributed by atoms with E-state index < -0.39 is 11.8 Å². The van der Waals surface area contributed by atoms with Gasteiger partial charge in [-0.1, -0.05) is 11.8 Å². The van der Waals surface area contributed by atoms with Gasteiger partial charge in [-0.15, -0.1) is 21.5 Å². The Balaban J connectivity index is 1.49. The Morgan fingerprint density at radius 1 is 1.40 bits per heavy atom. The molecule has 0 aliphatic carbocycles. The van der Waals surface area contributed by atoms with Gasteiger partial charge in [0.2, 0.25) is 11.8 Å². The van der Waals surface area contributed by atoms with Crippen LogP contribution in [-0.2, 0) is 18.3 Å². The Morgan fingerprint density at radius 2 is 2.24 bits per heavy atom. The molecular formula is C15H15N5O3S2. The first-order chi connectivity index (χ1) is 12.0. The van der Waals surface area contributed by atoms with E-state index in [1.165, 1.54) is 0 Å². The van der Waals surface area contributed by atoms with Gasteiger partial charge in [0.1, 0.15) is 5.69 Å². The van der Waals surface area contributed by atoms with Crippen LogP contribution in [0.2, 0.25) is 0 Å². The highest BCUT2D eigenvalue weighted by Crippen LogP contribution is 2.18. The second-order valence-corrected chi connectivity index (χ2v) is 7.16. The van der Waals surface area contributed by atoms with Gasteiger partial charge in [-0.3, -0.25) is 14.9 Å². The number of hydrogen-bond acceptors (Lipinski definition) is 8. The van der Waals surface area contributed by atoms with E-state index in [4.69, 9.17) is 4.42 Å². The van der Waals surface area contributed by atoms with Gasteiger partial charge in [0.25, 0.3) is 11.1 Å². The number of nitrogens with zero attached hydrogens (tertiary/aromatic N) is 4. The molecule has 130 valence electrons. The van der Waals surface area contributed by atoms with Crippen LogP contribution in [0.4, 0.5) is 0 Å². The minimum absolute atomic E-state index is 0.00755. The molecule has 2 amide bonds. The fraction of sp³-hybridized carbons (Fsp3) is 0.267. The number of carbonyl (C=O) groups is 2. The van der Waals surface area contributed by atoms with E-state index >= 15 is 0 Å². The standard InChI is InChI=1S/C15H15N5O3S2/c1-9-16-10(7-24-9)6-13-18-19-15(23-13)25-8-12(21)17-14(22)11-4-3-5-20(11)2/h3-5,7H,6,8H2,1-2H3,(H,17,21,22). The molecule has 0 unspecified atom stereocenters. The maximum Gasteiger partial charge on any atom is 0.277 e. The van der Waals surface area contributed by atoms with E-state index in [9.17, 15) is 9.59 Å². The summed E-state index contributed by atoms with van der Waals surface area (Å²) in [5.74, 6) is -0.421. The molecule has 0 saturated carbocycles. The fourth-order valence-corrected chi connectivity index (χ4v) is 3.26. The van der Waals surface area contributed by atoms with E-state index in [1.54, 1.807) is 41.3 Å². The molecule has 3 aromatic rings. The van der Waals surface area contributed by atoms with Gasteiger partial charge in [0.05, 0.1) is 22.9 Å². The first-order valence-corrected chi connectivity index (χ1v) is 9.19. The first-order valence-electron chi connectivity index (χ1n) is 7.33. The third kappa shape index (κ3) is 4.54. The van der Waals surface area contributed by atoms with Crippen LogP contribution in [-0.4, -0.2) is 37.3 Å². The average Bonchev–Trinajstić information content (AvgIpc) is 3.28. The topological polar surface area (TPSA) is 103 Å². The average molecular weight is 377 g/mol. The second kappa shape index (κ2) is 7.62. The van der Waals surface area contributed by atoms with Crippen LogP contribution in [0, 0.1) is 6.92 Å². The molecule has 3 aromatic heterocycles. The number of imide groups is 1. The molecule has 3 rings (SSSR count). The SMILES string of the molecule is Cc1nc(Cc2nnc(SCC(=O)NC(=O)c3cccn3C)o2)cs1. The highest BCUT2D eigenvalue weighted by Gasteiger charge is 2.15. The van der Waals surface area contributed by atoms with Crippen molar-refractivity contribution in [3.8, 4) is 0 Å². The van der Waals surface area contributed by atoms with Gasteiger partial charge in [0.15, 0.2) is 0 Å². The highest BCUT2D eigenvalue weighted by atomic mass is 32.2. The van der Waals surface area contributed by atoms with Gasteiger partial charge in [-0.25, -0.2) is 4.98 Å². The van der Waals surface area contributed by atoms with Crippen LogP contribution in [0.5, 0.6) is 0 Å². The van der Waals surface area contributed by atoms with Crippen LogP contribution < -0.4 is 5.32 Å². The molecule has 0 aliphatic rings. The van der Waals surface area contributed by atoms with E-state index in [1.807, 2.05) is 12.3 Å². The maximum absolute atomic E-state index is 11.9. The van der Waals surface area contributed by atoms with Crippen molar-refractivity contribution in [1.29, 1.82) is 0 Å². The van der Waals surface area contributed by atoms with Crippen molar-refractivity contribution in [2.24, 2.45) is 7.05 Å². The summed E-state index contributed by atoms with van der Waals surface area (Å²) in [4.78, 5) is 28.1. The molecule has 0 saturated heterocycles. The molecular weight excluding hydrogens is 362 g/mol. The molecule has 0 aliphatic heterocycles. The third-order valence-corrected chi connectivity index (χ3v) is 4.84. The van der Waals surface area contributed by atoms with Gasteiger partial charge < -0.3 is 8.98 Å². The summed E-state index contributed by atoms with van der Waals surface area (Å²) in [6.45, 7) is 1.93. The Hall–Kier alpha value is -2.46. The summed E-state index contributed by atoms with van der Waals surface area (Å²) in [5.41, 5.74) is 1.28. The molecule has 10 heteroatoms. The van der Waals surface area contributed by atoms with Crippen molar-refractivity contribution in [3.05, 3.63) is 46.0 Å². The molecule has 3 heterocycles. The number of carbonyl (C=O) groups excluding carboxylic acids is 2. The van der Waals surface area contributed by atoms with Crippen LogP contribution in [0.1, 0.15) is 27.1 Å². The molecule has 0 atom stereocenters. The van der Waals surface area contributed by atoms with Gasteiger partial charge in [-0.2, -0.15) is 0 Å². The maximum atomic E-state index is 11.9. The molecule has 8 nitrogen and oxygen atoms in total. The summed E-state index contributed by atoms with van der Waals surface area (Å²) in [6, 6.07) is 3.37. The van der Waals surface area contributed by atoms with Crippen LogP contribution in [0.3, 0.4) is 0 Å². The van der Waals surface area contributed by atoms with E-state index in [0.29, 0.717) is 18.0 Å². The monoisotopic (exact) mass is 377 g/mol. The van der Waals surface area contributed by atoms with E-state index in [0.717, 1.165) is 22.5 Å². The number of thioether (sulfide) groups is 1. The lowest BCUT2D eigenvalue weighted by molar-refractivity contribution is -0.117. The lowest BCUT2D eigenvalue weighted by Gasteiger charge is -2.03. The zero-order chi connectivity index (χ0) is 17.8. The van der Waals surface area contributed by atoms with Crippen molar-refractivity contribution in [1.82, 2.24) is 25.1 Å². The number of thiazole rings is 1. The second-order valence-electron chi connectivity index (χ2n) is 5.17. The quantitative estimate of drug-likeness (QED) is 0.654. The van der Waals surface area contributed by atoms with Gasteiger partial charge in [0, 0.05) is 18.6 Å². The molecule has 25 heavy (non-hydrogen) atoms. The predicted molar refractivity (Wildman–Crippen MR) is 92.6 cm³/mol. The van der Waals surface area contributed by atoms with Crippen molar-refractivity contribution in [2.45, 2.75) is 18.6 Å². The van der Waals surface area contributed by atoms with Crippen molar-refractivity contribution in [2.75, 3.05) is 5.75 Å².